The van der Waals surface area contributed by atoms with E-state index in [-0.39, 0.29) is 41.5 Å². The zero-order valence-corrected chi connectivity index (χ0v) is 14.7. The molecular weight excluding hydrogens is 312 g/mol. The van der Waals surface area contributed by atoms with Crippen molar-refractivity contribution in [2.24, 2.45) is 23.2 Å². The minimum absolute atomic E-state index is 0.00875. The molecule has 2 aliphatic heterocycles. The molecule has 2 saturated heterocycles. The van der Waals surface area contributed by atoms with Crippen LogP contribution in [0.1, 0.15) is 46.5 Å². The van der Waals surface area contributed by atoms with Crippen molar-refractivity contribution >= 4 is 11.9 Å². The van der Waals surface area contributed by atoms with Gasteiger partial charge in [0.1, 0.15) is 6.10 Å². The van der Waals surface area contributed by atoms with Crippen LogP contribution in [0.4, 0.5) is 0 Å². The van der Waals surface area contributed by atoms with Crippen LogP contribution in [0, 0.1) is 23.2 Å². The van der Waals surface area contributed by atoms with Crippen LogP contribution in [-0.2, 0) is 23.8 Å². The average molecular weight is 340 g/mol. The lowest BCUT2D eigenvalue weighted by atomic mass is 9.78. The molecule has 3 fully saturated rings. The van der Waals surface area contributed by atoms with Crippen LogP contribution in [-0.4, -0.2) is 48.6 Å². The first-order chi connectivity index (χ1) is 11.3. The molecule has 0 aromatic rings. The van der Waals surface area contributed by atoms with Gasteiger partial charge in [-0.3, -0.25) is 9.59 Å². The number of ether oxygens (including phenoxy) is 3. The van der Waals surface area contributed by atoms with Gasteiger partial charge in [0.15, 0.2) is 6.10 Å². The smallest absolute Gasteiger partial charge is 0.309 e. The van der Waals surface area contributed by atoms with Crippen LogP contribution in [0.25, 0.3) is 0 Å². The van der Waals surface area contributed by atoms with E-state index in [0.29, 0.717) is 44.8 Å². The molecule has 0 amide bonds. The molecule has 0 radical (unpaired) electrons. The summed E-state index contributed by atoms with van der Waals surface area (Å²) in [5.74, 6) is -1.20. The summed E-state index contributed by atoms with van der Waals surface area (Å²) in [7, 11) is 0. The average Bonchev–Trinajstić information content (AvgIpc) is 3.09. The van der Waals surface area contributed by atoms with E-state index in [2.05, 4.69) is 20.8 Å². The summed E-state index contributed by atoms with van der Waals surface area (Å²) in [6, 6.07) is 0. The zero-order chi connectivity index (χ0) is 17.5. The standard InChI is InChI=1S/C18H28O6/c1-18(2,3)12-8-22-15-13(9-23-14(12)15)24-17(21)11-6-4-10(5-7-11)16(19)20/h10-15H,4-9H2,1-3H3,(H,19,20). The molecule has 4 unspecified atom stereocenters. The summed E-state index contributed by atoms with van der Waals surface area (Å²) in [5, 5.41) is 9.04. The van der Waals surface area contributed by atoms with Gasteiger partial charge in [-0.15, -0.1) is 0 Å². The summed E-state index contributed by atoms with van der Waals surface area (Å²) in [6.07, 6.45) is 1.74. The highest BCUT2D eigenvalue weighted by atomic mass is 16.6. The van der Waals surface area contributed by atoms with Gasteiger partial charge in [0, 0.05) is 5.92 Å². The minimum Gasteiger partial charge on any atom is -0.481 e. The molecular formula is C18H28O6. The summed E-state index contributed by atoms with van der Waals surface area (Å²) < 4.78 is 17.5. The Hall–Kier alpha value is -1.14. The van der Waals surface area contributed by atoms with Crippen LogP contribution in [0.2, 0.25) is 0 Å². The zero-order valence-electron chi connectivity index (χ0n) is 14.7. The van der Waals surface area contributed by atoms with Crippen molar-refractivity contribution in [2.45, 2.75) is 64.8 Å². The number of aliphatic carboxylic acids is 1. The van der Waals surface area contributed by atoms with E-state index in [1.165, 1.54) is 0 Å². The van der Waals surface area contributed by atoms with Gasteiger partial charge in [0.05, 0.1) is 31.2 Å². The van der Waals surface area contributed by atoms with Crippen molar-refractivity contribution in [1.82, 2.24) is 0 Å². The predicted molar refractivity (Wildman–Crippen MR) is 85.4 cm³/mol. The van der Waals surface area contributed by atoms with Gasteiger partial charge in [-0.1, -0.05) is 20.8 Å². The largest absolute Gasteiger partial charge is 0.481 e. The van der Waals surface area contributed by atoms with E-state index in [9.17, 15) is 9.59 Å². The normalized spacial score (nSPS) is 39.5. The second-order valence-electron chi connectivity index (χ2n) is 8.43. The van der Waals surface area contributed by atoms with E-state index in [4.69, 9.17) is 19.3 Å². The Morgan fingerprint density at radius 1 is 0.958 bits per heavy atom. The third-order valence-corrected chi connectivity index (χ3v) is 5.80. The molecule has 136 valence electrons. The first kappa shape index (κ1) is 17.7. The van der Waals surface area contributed by atoms with Crippen LogP contribution in [0.5, 0.6) is 0 Å². The van der Waals surface area contributed by atoms with Crippen LogP contribution in [0.3, 0.4) is 0 Å². The Morgan fingerprint density at radius 3 is 2.12 bits per heavy atom. The fraction of sp³-hybridized carbons (Fsp3) is 0.889. The SMILES string of the molecule is CC(C)(C)C1COC2C(OC(=O)C3CCC(C(=O)O)CC3)COC21. The third kappa shape index (κ3) is 3.45. The van der Waals surface area contributed by atoms with Crippen LogP contribution < -0.4 is 0 Å². The lowest BCUT2D eigenvalue weighted by molar-refractivity contribution is -0.161. The van der Waals surface area contributed by atoms with Gasteiger partial charge in [-0.05, 0) is 31.1 Å². The molecule has 6 heteroatoms. The number of carboxylic acid groups (broad SMARTS) is 1. The molecule has 0 bridgehead atoms. The summed E-state index contributed by atoms with van der Waals surface area (Å²) >= 11 is 0. The monoisotopic (exact) mass is 340 g/mol. The first-order valence-corrected chi connectivity index (χ1v) is 8.94. The number of carboxylic acids is 1. The number of fused-ring (bicyclic) bond motifs is 1. The number of carbonyl (C=O) groups is 2. The highest BCUT2D eigenvalue weighted by Crippen LogP contribution is 2.42. The lowest BCUT2D eigenvalue weighted by Crippen LogP contribution is -2.37. The first-order valence-electron chi connectivity index (χ1n) is 8.94. The molecule has 2 heterocycles. The highest BCUT2D eigenvalue weighted by molar-refractivity contribution is 5.74. The van der Waals surface area contributed by atoms with Gasteiger partial charge >= 0.3 is 11.9 Å². The fourth-order valence-corrected chi connectivity index (χ4v) is 4.13. The summed E-state index contributed by atoms with van der Waals surface area (Å²) in [6.45, 7) is 7.54. The van der Waals surface area contributed by atoms with Crippen molar-refractivity contribution in [3.05, 3.63) is 0 Å². The van der Waals surface area contributed by atoms with Crippen LogP contribution >= 0.6 is 0 Å². The minimum atomic E-state index is -0.763. The van der Waals surface area contributed by atoms with E-state index in [0.717, 1.165) is 0 Å². The molecule has 1 aliphatic carbocycles. The maximum absolute atomic E-state index is 12.4. The number of esters is 1. The highest BCUT2D eigenvalue weighted by Gasteiger charge is 2.52. The molecule has 3 aliphatic rings. The van der Waals surface area contributed by atoms with Gasteiger partial charge in [-0.25, -0.2) is 0 Å². The lowest BCUT2D eigenvalue weighted by Gasteiger charge is -2.29. The molecule has 24 heavy (non-hydrogen) atoms. The van der Waals surface area contributed by atoms with E-state index in [1.54, 1.807) is 0 Å². The molecule has 6 nitrogen and oxygen atoms in total. The number of carbonyl (C=O) groups excluding carboxylic acids is 1. The van der Waals surface area contributed by atoms with Crippen molar-refractivity contribution in [3.8, 4) is 0 Å². The number of rotatable bonds is 3. The number of hydrogen-bond donors (Lipinski definition) is 1. The van der Waals surface area contributed by atoms with Crippen LogP contribution in [0.15, 0.2) is 0 Å². The van der Waals surface area contributed by atoms with E-state index < -0.39 is 5.97 Å². The number of hydrogen-bond acceptors (Lipinski definition) is 5. The molecule has 4 atom stereocenters. The fourth-order valence-electron chi connectivity index (χ4n) is 4.13. The Bertz CT molecular complexity index is 488. The second-order valence-corrected chi connectivity index (χ2v) is 8.43. The van der Waals surface area contributed by atoms with Crippen molar-refractivity contribution in [3.63, 3.8) is 0 Å². The molecule has 0 aromatic carbocycles. The van der Waals surface area contributed by atoms with Gasteiger partial charge in [0.2, 0.25) is 0 Å². The van der Waals surface area contributed by atoms with E-state index >= 15 is 0 Å². The second kappa shape index (κ2) is 6.64. The Morgan fingerprint density at radius 2 is 1.54 bits per heavy atom. The Kier molecular flexibility index (Phi) is 4.89. The summed E-state index contributed by atoms with van der Waals surface area (Å²) in [4.78, 5) is 23.4. The molecule has 0 spiro atoms. The molecule has 0 aromatic heterocycles. The molecule has 1 N–H and O–H groups in total. The summed E-state index contributed by atoms with van der Waals surface area (Å²) in [5.41, 5.74) is 0.0908. The maximum Gasteiger partial charge on any atom is 0.309 e. The van der Waals surface area contributed by atoms with Crippen molar-refractivity contribution in [2.75, 3.05) is 13.2 Å². The Balaban J connectivity index is 1.53. The van der Waals surface area contributed by atoms with Gasteiger partial charge < -0.3 is 19.3 Å². The third-order valence-electron chi connectivity index (χ3n) is 5.80. The topological polar surface area (TPSA) is 82.1 Å². The molecule has 1 saturated carbocycles. The Labute approximate surface area is 142 Å². The van der Waals surface area contributed by atoms with Crippen molar-refractivity contribution in [1.29, 1.82) is 0 Å². The van der Waals surface area contributed by atoms with E-state index in [1.807, 2.05) is 0 Å². The molecule has 3 rings (SSSR count). The van der Waals surface area contributed by atoms with Gasteiger partial charge in [0.25, 0.3) is 0 Å². The van der Waals surface area contributed by atoms with Crippen molar-refractivity contribution < 1.29 is 28.9 Å². The quantitative estimate of drug-likeness (QED) is 0.794. The predicted octanol–water partition coefficient (Wildman–Crippen LogP) is 2.25. The van der Waals surface area contributed by atoms with Gasteiger partial charge in [-0.2, -0.15) is 0 Å². The maximum atomic E-state index is 12.4.